The van der Waals surface area contributed by atoms with Crippen molar-refractivity contribution in [2.45, 2.75) is 37.9 Å². The number of anilines is 2. The van der Waals surface area contributed by atoms with Gasteiger partial charge in [-0.1, -0.05) is 0 Å². The number of piperidine rings is 2. The highest BCUT2D eigenvalue weighted by molar-refractivity contribution is 5.94. The maximum absolute atomic E-state index is 13.4. The second-order valence-electron chi connectivity index (χ2n) is 8.53. The van der Waals surface area contributed by atoms with E-state index >= 15 is 0 Å². The van der Waals surface area contributed by atoms with Gasteiger partial charge in [-0.2, -0.15) is 4.98 Å². The Morgan fingerprint density at radius 2 is 1.93 bits per heavy atom. The lowest BCUT2D eigenvalue weighted by Crippen LogP contribution is -2.49. The number of nitrogens with two attached hydrogens (primary N) is 1. The predicted molar refractivity (Wildman–Crippen MR) is 110 cm³/mol. The van der Waals surface area contributed by atoms with Crippen molar-refractivity contribution in [2.75, 3.05) is 36.8 Å². The lowest BCUT2D eigenvalue weighted by Gasteiger charge is -2.43. The zero-order valence-electron chi connectivity index (χ0n) is 16.7. The molecule has 3 aliphatic rings. The van der Waals surface area contributed by atoms with E-state index < -0.39 is 6.17 Å². The van der Waals surface area contributed by atoms with Crippen LogP contribution in [0.4, 0.5) is 16.2 Å². The summed E-state index contributed by atoms with van der Waals surface area (Å²) >= 11 is 0. The number of alkyl halides is 1. The van der Waals surface area contributed by atoms with E-state index in [1.165, 1.54) is 0 Å². The van der Waals surface area contributed by atoms with Crippen molar-refractivity contribution < 1.29 is 9.18 Å². The Balaban J connectivity index is 1.41. The van der Waals surface area contributed by atoms with Gasteiger partial charge in [-0.15, -0.1) is 0 Å². The molecule has 1 amide bonds. The summed E-state index contributed by atoms with van der Waals surface area (Å²) in [6.07, 6.45) is 2.49. The number of pyridine rings is 1. The van der Waals surface area contributed by atoms with Gasteiger partial charge in [0, 0.05) is 50.5 Å². The third-order valence-corrected chi connectivity index (χ3v) is 6.53. The SMILES string of the molecule is Nc1nccc(N2C[C@@H]3C[C@H](C2)c2ccc(C(=O)N4CCC(F)CC4)c(=O)n2C3)n1. The minimum absolute atomic E-state index is 0.188. The molecule has 0 saturated carbocycles. The maximum Gasteiger partial charge on any atom is 0.263 e. The number of aromatic nitrogens is 3. The quantitative estimate of drug-likeness (QED) is 0.801. The van der Waals surface area contributed by atoms with Crippen LogP contribution >= 0.6 is 0 Å². The summed E-state index contributed by atoms with van der Waals surface area (Å²) in [5.41, 5.74) is 6.66. The molecule has 2 aromatic rings. The minimum Gasteiger partial charge on any atom is -0.368 e. The Kier molecular flexibility index (Phi) is 4.67. The van der Waals surface area contributed by atoms with Crippen LogP contribution in [0.25, 0.3) is 0 Å². The first kappa shape index (κ1) is 19.0. The molecular weight excluding hydrogens is 387 g/mol. The lowest BCUT2D eigenvalue weighted by atomic mass is 9.83. The maximum atomic E-state index is 13.4. The third kappa shape index (κ3) is 3.32. The fraction of sp³-hybridized carbons (Fsp3) is 0.524. The van der Waals surface area contributed by atoms with Gasteiger partial charge >= 0.3 is 0 Å². The molecular formula is C21H25FN6O2. The van der Waals surface area contributed by atoms with Crippen LogP contribution in [0.5, 0.6) is 0 Å². The number of rotatable bonds is 2. The van der Waals surface area contributed by atoms with Crippen molar-refractivity contribution >= 4 is 17.7 Å². The van der Waals surface area contributed by atoms with Crippen molar-refractivity contribution in [1.82, 2.24) is 19.4 Å². The van der Waals surface area contributed by atoms with Gasteiger partial charge in [-0.25, -0.2) is 9.37 Å². The molecule has 9 heteroatoms. The van der Waals surface area contributed by atoms with E-state index in [9.17, 15) is 14.0 Å². The van der Waals surface area contributed by atoms with E-state index in [2.05, 4.69) is 14.9 Å². The topological polar surface area (TPSA) is 97.4 Å². The molecule has 2 saturated heterocycles. The summed E-state index contributed by atoms with van der Waals surface area (Å²) in [5.74, 6) is 1.25. The molecule has 8 nitrogen and oxygen atoms in total. The largest absolute Gasteiger partial charge is 0.368 e. The number of likely N-dealkylation sites (tertiary alicyclic amines) is 1. The molecule has 0 aromatic carbocycles. The third-order valence-electron chi connectivity index (χ3n) is 6.53. The zero-order chi connectivity index (χ0) is 20.8. The first-order valence-corrected chi connectivity index (χ1v) is 10.5. The number of hydrogen-bond donors (Lipinski definition) is 1. The highest BCUT2D eigenvalue weighted by atomic mass is 19.1. The number of fused-ring (bicyclic) bond motifs is 4. The number of halogens is 1. The van der Waals surface area contributed by atoms with E-state index in [-0.39, 0.29) is 34.8 Å². The van der Waals surface area contributed by atoms with E-state index in [4.69, 9.17) is 5.73 Å². The van der Waals surface area contributed by atoms with Gasteiger partial charge < -0.3 is 20.1 Å². The van der Waals surface area contributed by atoms with Crippen molar-refractivity contribution in [3.05, 3.63) is 46.0 Å². The summed E-state index contributed by atoms with van der Waals surface area (Å²) in [5, 5.41) is 0. The van der Waals surface area contributed by atoms with E-state index in [1.807, 2.05) is 12.1 Å². The van der Waals surface area contributed by atoms with Gasteiger partial charge in [0.25, 0.3) is 11.5 Å². The first-order valence-electron chi connectivity index (χ1n) is 10.5. The van der Waals surface area contributed by atoms with Crippen LogP contribution in [0.2, 0.25) is 0 Å². The van der Waals surface area contributed by atoms with E-state index in [0.717, 1.165) is 31.0 Å². The van der Waals surface area contributed by atoms with Gasteiger partial charge in [-0.05, 0) is 43.4 Å². The van der Waals surface area contributed by atoms with Crippen molar-refractivity contribution in [2.24, 2.45) is 5.92 Å². The van der Waals surface area contributed by atoms with Crippen LogP contribution in [-0.4, -0.2) is 57.7 Å². The second-order valence-corrected chi connectivity index (χ2v) is 8.53. The van der Waals surface area contributed by atoms with Crippen LogP contribution in [0.1, 0.15) is 41.2 Å². The highest BCUT2D eigenvalue weighted by Crippen LogP contribution is 2.36. The summed E-state index contributed by atoms with van der Waals surface area (Å²) in [7, 11) is 0. The fourth-order valence-electron chi connectivity index (χ4n) is 5.06. The average molecular weight is 412 g/mol. The molecule has 0 radical (unpaired) electrons. The minimum atomic E-state index is -0.855. The van der Waals surface area contributed by atoms with Crippen LogP contribution in [0, 0.1) is 5.92 Å². The molecule has 30 heavy (non-hydrogen) atoms. The normalized spacial score (nSPS) is 23.9. The van der Waals surface area contributed by atoms with Crippen LogP contribution in [0.3, 0.4) is 0 Å². The molecule has 5 heterocycles. The van der Waals surface area contributed by atoms with Gasteiger partial charge in [-0.3, -0.25) is 9.59 Å². The second kappa shape index (κ2) is 7.37. The molecule has 2 bridgehead atoms. The molecule has 158 valence electrons. The molecule has 3 aliphatic heterocycles. The van der Waals surface area contributed by atoms with Crippen LogP contribution in [-0.2, 0) is 6.54 Å². The van der Waals surface area contributed by atoms with E-state index in [0.29, 0.717) is 32.5 Å². The van der Waals surface area contributed by atoms with Gasteiger partial charge in [0.15, 0.2) is 0 Å². The Hall–Kier alpha value is -2.97. The van der Waals surface area contributed by atoms with Gasteiger partial charge in [0.05, 0.1) is 0 Å². The van der Waals surface area contributed by atoms with Crippen molar-refractivity contribution in [1.29, 1.82) is 0 Å². The Labute approximate surface area is 173 Å². The number of hydrogen-bond acceptors (Lipinski definition) is 6. The molecule has 0 aliphatic carbocycles. The monoisotopic (exact) mass is 412 g/mol. The summed E-state index contributed by atoms with van der Waals surface area (Å²) in [6.45, 7) is 2.83. The van der Waals surface area contributed by atoms with Gasteiger partial charge in [0.2, 0.25) is 5.95 Å². The molecule has 0 unspecified atom stereocenters. The molecule has 5 rings (SSSR count). The van der Waals surface area contributed by atoms with Crippen molar-refractivity contribution in [3.8, 4) is 0 Å². The number of carbonyl (C=O) groups is 1. The van der Waals surface area contributed by atoms with Crippen LogP contribution < -0.4 is 16.2 Å². The van der Waals surface area contributed by atoms with Crippen LogP contribution in [0.15, 0.2) is 29.2 Å². The standard InChI is InChI=1S/C21H25FN6O2/c22-15-4-7-26(8-5-15)19(29)16-1-2-17-14-9-13(11-28(17)20(16)30)10-27(12-14)18-3-6-24-21(23)25-18/h1-3,6,13-15H,4-5,7-12H2,(H2,23,24,25)/t13-,14+/m0/s1. The summed E-state index contributed by atoms with van der Waals surface area (Å²) in [4.78, 5) is 38.2. The number of carbonyl (C=O) groups excluding carboxylic acids is 1. The van der Waals surface area contributed by atoms with E-state index in [1.54, 1.807) is 21.7 Å². The summed E-state index contributed by atoms with van der Waals surface area (Å²) < 4.78 is 15.2. The average Bonchev–Trinajstić information content (AvgIpc) is 2.74. The predicted octanol–water partition coefficient (Wildman–Crippen LogP) is 1.42. The number of amides is 1. The zero-order valence-corrected chi connectivity index (χ0v) is 16.7. The molecule has 2 atom stereocenters. The first-order chi connectivity index (χ1) is 14.5. The Morgan fingerprint density at radius 3 is 2.70 bits per heavy atom. The number of nitrogen functional groups attached to an aromatic ring is 1. The molecule has 0 spiro atoms. The Bertz CT molecular complexity index is 1030. The van der Waals surface area contributed by atoms with Crippen molar-refractivity contribution in [3.63, 3.8) is 0 Å². The highest BCUT2D eigenvalue weighted by Gasteiger charge is 2.36. The molecule has 2 N–H and O–H groups in total. The Morgan fingerprint density at radius 1 is 1.13 bits per heavy atom. The summed E-state index contributed by atoms with van der Waals surface area (Å²) in [6, 6.07) is 5.42. The lowest BCUT2D eigenvalue weighted by molar-refractivity contribution is 0.0664. The molecule has 2 fully saturated rings. The molecule has 2 aromatic heterocycles. The fourth-order valence-corrected chi connectivity index (χ4v) is 5.06. The van der Waals surface area contributed by atoms with Gasteiger partial charge in [0.1, 0.15) is 17.6 Å². The number of nitrogens with zero attached hydrogens (tertiary/aromatic N) is 5. The smallest absolute Gasteiger partial charge is 0.263 e.